The molecule has 3 amide bonds. The smallest absolute Gasteiger partial charge is 0.315 e. The number of piperidine rings is 1. The van der Waals surface area contributed by atoms with Crippen LogP contribution in [0.15, 0.2) is 4.52 Å². The summed E-state index contributed by atoms with van der Waals surface area (Å²) >= 11 is 0. The average molecular weight is 349 g/mol. The molecule has 0 aromatic carbocycles. The van der Waals surface area contributed by atoms with Gasteiger partial charge in [-0.15, -0.1) is 0 Å². The van der Waals surface area contributed by atoms with Gasteiger partial charge in [0.2, 0.25) is 11.8 Å². The zero-order valence-corrected chi connectivity index (χ0v) is 14.8. The molecule has 0 spiro atoms. The average Bonchev–Trinajstić information content (AvgIpc) is 3.27. The van der Waals surface area contributed by atoms with Crippen LogP contribution in [0.5, 0.6) is 0 Å². The van der Waals surface area contributed by atoms with Crippen LogP contribution in [-0.2, 0) is 11.2 Å². The van der Waals surface area contributed by atoms with Gasteiger partial charge in [-0.25, -0.2) is 4.79 Å². The van der Waals surface area contributed by atoms with E-state index in [0.29, 0.717) is 30.7 Å². The van der Waals surface area contributed by atoms with Gasteiger partial charge in [-0.3, -0.25) is 4.79 Å². The van der Waals surface area contributed by atoms with Gasteiger partial charge in [0, 0.05) is 44.9 Å². The highest BCUT2D eigenvalue weighted by molar-refractivity contribution is 5.74. The van der Waals surface area contributed by atoms with E-state index in [2.05, 4.69) is 20.8 Å². The van der Waals surface area contributed by atoms with Gasteiger partial charge in [-0.2, -0.15) is 4.98 Å². The van der Waals surface area contributed by atoms with Crippen LogP contribution in [0.3, 0.4) is 0 Å². The Morgan fingerprint density at radius 1 is 1.20 bits per heavy atom. The van der Waals surface area contributed by atoms with E-state index in [1.54, 1.807) is 6.92 Å². The summed E-state index contributed by atoms with van der Waals surface area (Å²) in [6.45, 7) is 3.56. The molecule has 1 aromatic rings. The van der Waals surface area contributed by atoms with Crippen molar-refractivity contribution in [3.8, 4) is 0 Å². The largest absolute Gasteiger partial charge is 0.343 e. The van der Waals surface area contributed by atoms with Crippen LogP contribution < -0.4 is 10.6 Å². The van der Waals surface area contributed by atoms with Crippen LogP contribution in [-0.4, -0.2) is 52.7 Å². The zero-order valence-electron chi connectivity index (χ0n) is 14.8. The minimum atomic E-state index is -0.122. The fourth-order valence-electron chi connectivity index (χ4n) is 3.58. The summed E-state index contributed by atoms with van der Waals surface area (Å²) in [5, 5.41) is 9.90. The highest BCUT2D eigenvalue weighted by atomic mass is 16.5. The summed E-state index contributed by atoms with van der Waals surface area (Å²) in [5.41, 5.74) is 0. The number of carbonyl (C=O) groups excluding carboxylic acids is 2. The molecule has 1 saturated carbocycles. The summed E-state index contributed by atoms with van der Waals surface area (Å²) < 4.78 is 5.29. The van der Waals surface area contributed by atoms with Gasteiger partial charge in [-0.05, 0) is 25.7 Å². The van der Waals surface area contributed by atoms with E-state index < -0.39 is 0 Å². The predicted molar refractivity (Wildman–Crippen MR) is 91.0 cm³/mol. The maximum Gasteiger partial charge on any atom is 0.315 e. The van der Waals surface area contributed by atoms with E-state index in [-0.39, 0.29) is 17.9 Å². The highest BCUT2D eigenvalue weighted by Gasteiger charge is 2.25. The Kier molecular flexibility index (Phi) is 5.88. The maximum absolute atomic E-state index is 11.8. The molecule has 8 heteroatoms. The molecule has 0 atom stereocenters. The number of likely N-dealkylation sites (tertiary alicyclic amines) is 1. The second kappa shape index (κ2) is 8.31. The van der Waals surface area contributed by atoms with E-state index in [1.807, 2.05) is 4.90 Å². The van der Waals surface area contributed by atoms with Gasteiger partial charge in [0.15, 0.2) is 5.82 Å². The van der Waals surface area contributed by atoms with E-state index in [1.165, 1.54) is 12.8 Å². The van der Waals surface area contributed by atoms with Crippen LogP contribution in [0.1, 0.15) is 63.1 Å². The second-order valence-electron chi connectivity index (χ2n) is 6.96. The van der Waals surface area contributed by atoms with Crippen molar-refractivity contribution >= 4 is 11.9 Å². The van der Waals surface area contributed by atoms with E-state index in [9.17, 15) is 9.59 Å². The number of amides is 3. The minimum Gasteiger partial charge on any atom is -0.343 e. The third-order valence-corrected chi connectivity index (χ3v) is 5.10. The number of hydrogen-bond donors (Lipinski definition) is 2. The first-order valence-electron chi connectivity index (χ1n) is 9.24. The van der Waals surface area contributed by atoms with Crippen LogP contribution >= 0.6 is 0 Å². The summed E-state index contributed by atoms with van der Waals surface area (Å²) in [5.74, 6) is 1.62. The Labute approximate surface area is 147 Å². The normalized spacial score (nSPS) is 19.2. The van der Waals surface area contributed by atoms with Crippen molar-refractivity contribution in [2.24, 2.45) is 0 Å². The molecule has 1 saturated heterocycles. The number of aromatic nitrogens is 2. The van der Waals surface area contributed by atoms with Crippen molar-refractivity contribution < 1.29 is 14.1 Å². The highest BCUT2D eigenvalue weighted by Crippen LogP contribution is 2.25. The lowest BCUT2D eigenvalue weighted by Crippen LogP contribution is -2.41. The molecule has 138 valence electrons. The van der Waals surface area contributed by atoms with Gasteiger partial charge < -0.3 is 20.1 Å². The van der Waals surface area contributed by atoms with Crippen molar-refractivity contribution in [3.63, 3.8) is 0 Å². The Balaban J connectivity index is 1.38. The standard InChI is InChI=1S/C17H27N5O3/c1-12(23)22-10-7-13(8-11-22)16-20-15(25-21-16)6-9-18-17(24)19-14-4-2-3-5-14/h13-14H,2-11H2,1H3,(H2,18,19,24). The molecule has 0 bridgehead atoms. The minimum absolute atomic E-state index is 0.120. The molecule has 2 fully saturated rings. The number of hydrogen-bond acceptors (Lipinski definition) is 5. The molecular weight excluding hydrogens is 322 g/mol. The molecule has 0 unspecified atom stereocenters. The van der Waals surface area contributed by atoms with Gasteiger partial charge in [-0.1, -0.05) is 18.0 Å². The molecule has 8 nitrogen and oxygen atoms in total. The summed E-state index contributed by atoms with van der Waals surface area (Å²) in [6.07, 6.45) is 6.78. The summed E-state index contributed by atoms with van der Waals surface area (Å²) in [4.78, 5) is 29.5. The zero-order chi connectivity index (χ0) is 17.6. The van der Waals surface area contributed by atoms with Crippen molar-refractivity contribution in [3.05, 3.63) is 11.7 Å². The number of carbonyl (C=O) groups is 2. The van der Waals surface area contributed by atoms with Gasteiger partial charge in [0.25, 0.3) is 0 Å². The molecule has 2 aliphatic rings. The third kappa shape index (κ3) is 4.93. The van der Waals surface area contributed by atoms with Crippen LogP contribution in [0, 0.1) is 0 Å². The molecule has 3 rings (SSSR count). The Bertz CT molecular complexity index is 589. The van der Waals surface area contributed by atoms with Crippen molar-refractivity contribution in [2.75, 3.05) is 19.6 Å². The first kappa shape index (κ1) is 17.7. The first-order valence-corrected chi connectivity index (χ1v) is 9.24. The Hall–Kier alpha value is -2.12. The van der Waals surface area contributed by atoms with Crippen LogP contribution in [0.4, 0.5) is 4.79 Å². The van der Waals surface area contributed by atoms with Gasteiger partial charge in [0.1, 0.15) is 0 Å². The summed E-state index contributed by atoms with van der Waals surface area (Å²) in [6, 6.07) is 0.194. The molecule has 0 radical (unpaired) electrons. The Morgan fingerprint density at radius 2 is 1.92 bits per heavy atom. The number of nitrogens with zero attached hydrogens (tertiary/aromatic N) is 3. The SMILES string of the molecule is CC(=O)N1CCC(c2noc(CCNC(=O)NC3CCCC3)n2)CC1. The third-order valence-electron chi connectivity index (χ3n) is 5.10. The first-order chi connectivity index (χ1) is 12.1. The van der Waals surface area contributed by atoms with Crippen LogP contribution in [0.2, 0.25) is 0 Å². The van der Waals surface area contributed by atoms with E-state index in [4.69, 9.17) is 4.52 Å². The summed E-state index contributed by atoms with van der Waals surface area (Å²) in [7, 11) is 0. The lowest BCUT2D eigenvalue weighted by molar-refractivity contribution is -0.129. The number of rotatable bonds is 5. The molecule has 2 N–H and O–H groups in total. The van der Waals surface area contributed by atoms with Gasteiger partial charge >= 0.3 is 6.03 Å². The lowest BCUT2D eigenvalue weighted by Gasteiger charge is -2.29. The second-order valence-corrected chi connectivity index (χ2v) is 6.96. The maximum atomic E-state index is 11.8. The van der Waals surface area contributed by atoms with Crippen LogP contribution in [0.25, 0.3) is 0 Å². The lowest BCUT2D eigenvalue weighted by atomic mass is 9.96. The van der Waals surface area contributed by atoms with E-state index in [0.717, 1.165) is 38.8 Å². The Morgan fingerprint density at radius 3 is 2.60 bits per heavy atom. The number of nitrogens with one attached hydrogen (secondary N) is 2. The van der Waals surface area contributed by atoms with Crippen molar-refractivity contribution in [2.45, 2.75) is 63.8 Å². The molecular formula is C17H27N5O3. The van der Waals surface area contributed by atoms with Gasteiger partial charge in [0.05, 0.1) is 0 Å². The molecule has 1 aliphatic heterocycles. The fourth-order valence-corrected chi connectivity index (χ4v) is 3.58. The monoisotopic (exact) mass is 349 g/mol. The molecule has 25 heavy (non-hydrogen) atoms. The fraction of sp³-hybridized carbons (Fsp3) is 0.765. The van der Waals surface area contributed by atoms with Crippen molar-refractivity contribution in [1.82, 2.24) is 25.7 Å². The molecule has 2 heterocycles. The number of urea groups is 1. The van der Waals surface area contributed by atoms with Crippen molar-refractivity contribution in [1.29, 1.82) is 0 Å². The molecule has 1 aliphatic carbocycles. The molecule has 1 aromatic heterocycles. The van der Waals surface area contributed by atoms with E-state index >= 15 is 0 Å². The topological polar surface area (TPSA) is 100 Å². The predicted octanol–water partition coefficient (Wildman–Crippen LogP) is 1.58. The quantitative estimate of drug-likeness (QED) is 0.840.